The van der Waals surface area contributed by atoms with Crippen LogP contribution in [0.4, 0.5) is 0 Å². The number of benzene rings is 2. The summed E-state index contributed by atoms with van der Waals surface area (Å²) in [6.45, 7) is 0. The summed E-state index contributed by atoms with van der Waals surface area (Å²) < 4.78 is 0.967. The molecule has 0 fully saturated rings. The van der Waals surface area contributed by atoms with Crippen molar-refractivity contribution in [2.45, 2.75) is 0 Å². The second-order valence-electron chi connectivity index (χ2n) is 3.77. The zero-order valence-electron chi connectivity index (χ0n) is 9.51. The molecular weight excluding hydrogens is 292 g/mol. The van der Waals surface area contributed by atoms with Gasteiger partial charge in [0.15, 0.2) is 0 Å². The van der Waals surface area contributed by atoms with Gasteiger partial charge in [0.2, 0.25) is 0 Å². The first-order valence-corrected chi connectivity index (χ1v) is 6.22. The van der Waals surface area contributed by atoms with E-state index < -0.39 is 5.97 Å². The Morgan fingerprint density at radius 1 is 0.944 bits per heavy atom. The first kappa shape index (κ1) is 12.6. The second kappa shape index (κ2) is 5.65. The van der Waals surface area contributed by atoms with Crippen LogP contribution in [-0.2, 0) is 4.79 Å². The molecule has 0 spiro atoms. The van der Waals surface area contributed by atoms with Gasteiger partial charge in [-0.15, -0.1) is 0 Å². The van der Waals surface area contributed by atoms with Gasteiger partial charge in [-0.3, -0.25) is 0 Å². The molecule has 2 aromatic carbocycles. The van der Waals surface area contributed by atoms with Gasteiger partial charge >= 0.3 is 5.97 Å². The smallest absolute Gasteiger partial charge is 0.328 e. The van der Waals surface area contributed by atoms with Gasteiger partial charge in [0, 0.05) is 10.5 Å². The third kappa shape index (κ3) is 3.08. The average Bonchev–Trinajstić information content (AvgIpc) is 2.38. The molecule has 0 aliphatic heterocycles. The molecule has 0 bridgehead atoms. The van der Waals surface area contributed by atoms with Gasteiger partial charge in [-0.05, 0) is 28.8 Å². The third-order valence-corrected chi connectivity index (χ3v) is 3.04. The van der Waals surface area contributed by atoms with Crippen LogP contribution in [0.15, 0.2) is 65.1 Å². The molecule has 0 aliphatic rings. The summed E-state index contributed by atoms with van der Waals surface area (Å²) in [5, 5.41) is 8.98. The van der Waals surface area contributed by atoms with E-state index in [2.05, 4.69) is 15.9 Å². The largest absolute Gasteiger partial charge is 0.478 e. The van der Waals surface area contributed by atoms with Crippen molar-refractivity contribution in [2.75, 3.05) is 0 Å². The van der Waals surface area contributed by atoms with Crippen LogP contribution >= 0.6 is 15.9 Å². The van der Waals surface area contributed by atoms with Crippen molar-refractivity contribution < 1.29 is 9.90 Å². The summed E-state index contributed by atoms with van der Waals surface area (Å²) in [7, 11) is 0. The van der Waals surface area contributed by atoms with Crippen LogP contribution in [0.1, 0.15) is 11.1 Å². The maximum atomic E-state index is 10.9. The number of hydrogen-bond donors (Lipinski definition) is 1. The minimum absolute atomic E-state index is 0.704. The lowest BCUT2D eigenvalue weighted by Crippen LogP contribution is -1.94. The quantitative estimate of drug-likeness (QED) is 0.871. The Bertz CT molecular complexity index is 571. The normalized spacial score (nSPS) is 11.3. The van der Waals surface area contributed by atoms with Gasteiger partial charge in [0.1, 0.15) is 0 Å². The highest BCUT2D eigenvalue weighted by Gasteiger charge is 2.06. The summed E-state index contributed by atoms with van der Waals surface area (Å²) in [5.74, 6) is -0.947. The minimum atomic E-state index is -0.947. The number of halogens is 1. The molecule has 90 valence electrons. The molecule has 0 unspecified atom stereocenters. The summed E-state index contributed by atoms with van der Waals surface area (Å²) in [5.41, 5.74) is 2.48. The molecule has 18 heavy (non-hydrogen) atoms. The van der Waals surface area contributed by atoms with E-state index in [0.717, 1.165) is 15.6 Å². The molecule has 0 radical (unpaired) electrons. The average molecular weight is 303 g/mol. The Kier molecular flexibility index (Phi) is 3.95. The van der Waals surface area contributed by atoms with E-state index in [-0.39, 0.29) is 0 Å². The summed E-state index contributed by atoms with van der Waals surface area (Å²) in [6.07, 6.45) is 1.23. The Hall–Kier alpha value is -1.87. The van der Waals surface area contributed by atoms with Gasteiger partial charge in [-0.25, -0.2) is 4.79 Å². The van der Waals surface area contributed by atoms with Gasteiger partial charge in [0.25, 0.3) is 0 Å². The first-order chi connectivity index (χ1) is 8.66. The van der Waals surface area contributed by atoms with Crippen LogP contribution in [-0.4, -0.2) is 11.1 Å². The number of aliphatic carboxylic acids is 1. The van der Waals surface area contributed by atoms with E-state index >= 15 is 0 Å². The van der Waals surface area contributed by atoms with E-state index in [1.165, 1.54) is 6.08 Å². The highest BCUT2D eigenvalue weighted by atomic mass is 79.9. The Balaban J connectivity index is 2.51. The fourth-order valence-corrected chi connectivity index (χ4v) is 1.97. The Morgan fingerprint density at radius 3 is 2.06 bits per heavy atom. The molecule has 0 heterocycles. The molecule has 0 saturated heterocycles. The highest BCUT2D eigenvalue weighted by molar-refractivity contribution is 9.10. The molecule has 2 aromatic rings. The van der Waals surface area contributed by atoms with Crippen molar-refractivity contribution in [1.82, 2.24) is 0 Å². The van der Waals surface area contributed by atoms with Crippen LogP contribution in [0.3, 0.4) is 0 Å². The number of carbonyl (C=O) groups is 1. The van der Waals surface area contributed by atoms with Crippen LogP contribution in [0.25, 0.3) is 5.57 Å². The van der Waals surface area contributed by atoms with E-state index in [1.54, 1.807) is 0 Å². The van der Waals surface area contributed by atoms with Crippen LogP contribution in [0, 0.1) is 0 Å². The van der Waals surface area contributed by atoms with Crippen molar-refractivity contribution >= 4 is 27.5 Å². The maximum Gasteiger partial charge on any atom is 0.328 e. The van der Waals surface area contributed by atoms with Gasteiger partial charge in [-0.2, -0.15) is 0 Å². The van der Waals surface area contributed by atoms with E-state index in [9.17, 15) is 4.79 Å². The fourth-order valence-electron chi connectivity index (χ4n) is 1.70. The topological polar surface area (TPSA) is 37.3 Å². The first-order valence-electron chi connectivity index (χ1n) is 5.43. The predicted molar refractivity (Wildman–Crippen MR) is 75.3 cm³/mol. The van der Waals surface area contributed by atoms with Crippen molar-refractivity contribution in [2.24, 2.45) is 0 Å². The molecule has 0 amide bonds. The summed E-state index contributed by atoms with van der Waals surface area (Å²) >= 11 is 3.37. The zero-order chi connectivity index (χ0) is 13.0. The number of carboxylic acid groups (broad SMARTS) is 1. The third-order valence-electron chi connectivity index (χ3n) is 2.51. The van der Waals surface area contributed by atoms with Crippen LogP contribution < -0.4 is 0 Å². The molecule has 0 aromatic heterocycles. The zero-order valence-corrected chi connectivity index (χ0v) is 11.1. The number of rotatable bonds is 3. The van der Waals surface area contributed by atoms with Crippen molar-refractivity contribution in [3.63, 3.8) is 0 Å². The van der Waals surface area contributed by atoms with Crippen molar-refractivity contribution in [3.8, 4) is 0 Å². The lowest BCUT2D eigenvalue weighted by Gasteiger charge is -2.07. The fraction of sp³-hybridized carbons (Fsp3) is 0. The summed E-state index contributed by atoms with van der Waals surface area (Å²) in [6, 6.07) is 17.1. The number of carboxylic acids is 1. The molecule has 2 rings (SSSR count). The molecular formula is C15H11BrO2. The van der Waals surface area contributed by atoms with Gasteiger partial charge in [0.05, 0.1) is 0 Å². The number of hydrogen-bond acceptors (Lipinski definition) is 1. The lowest BCUT2D eigenvalue weighted by molar-refractivity contribution is -0.131. The standard InChI is InChI=1S/C15H11BrO2/c16-13-8-6-12(7-9-13)14(10-15(17)18)11-4-2-1-3-5-11/h1-10H,(H,17,18). The molecule has 0 atom stereocenters. The highest BCUT2D eigenvalue weighted by Crippen LogP contribution is 2.24. The Morgan fingerprint density at radius 2 is 1.50 bits per heavy atom. The maximum absolute atomic E-state index is 10.9. The minimum Gasteiger partial charge on any atom is -0.478 e. The molecule has 0 aliphatic carbocycles. The molecule has 3 heteroatoms. The summed E-state index contributed by atoms with van der Waals surface area (Å²) in [4.78, 5) is 10.9. The monoisotopic (exact) mass is 302 g/mol. The Labute approximate surface area is 114 Å². The molecule has 1 N–H and O–H groups in total. The van der Waals surface area contributed by atoms with Gasteiger partial charge in [-0.1, -0.05) is 58.4 Å². The second-order valence-corrected chi connectivity index (χ2v) is 4.68. The predicted octanol–water partition coefficient (Wildman–Crippen LogP) is 3.97. The van der Waals surface area contributed by atoms with E-state index in [4.69, 9.17) is 5.11 Å². The molecule has 2 nitrogen and oxygen atoms in total. The SMILES string of the molecule is O=C(O)C=C(c1ccccc1)c1ccc(Br)cc1. The van der Waals surface area contributed by atoms with Crippen molar-refractivity contribution in [1.29, 1.82) is 0 Å². The van der Waals surface area contributed by atoms with Gasteiger partial charge < -0.3 is 5.11 Å². The van der Waals surface area contributed by atoms with E-state index in [0.29, 0.717) is 5.57 Å². The van der Waals surface area contributed by atoms with Crippen LogP contribution in [0.2, 0.25) is 0 Å². The van der Waals surface area contributed by atoms with Crippen molar-refractivity contribution in [3.05, 3.63) is 76.3 Å². The lowest BCUT2D eigenvalue weighted by atomic mass is 9.98. The van der Waals surface area contributed by atoms with E-state index in [1.807, 2.05) is 54.6 Å². The molecule has 0 saturated carbocycles. The van der Waals surface area contributed by atoms with Crippen LogP contribution in [0.5, 0.6) is 0 Å².